The molecule has 21 unspecified atom stereocenters. The van der Waals surface area contributed by atoms with Crippen LogP contribution in [-0.4, -0.2) is 44.2 Å². The van der Waals surface area contributed by atoms with Crippen LogP contribution in [0.5, 0.6) is 0 Å². The molecule has 10 heteroatoms. The lowest BCUT2D eigenvalue weighted by Crippen LogP contribution is -2.27. The molecule has 4 fully saturated rings. The molecule has 0 amide bonds. The third-order valence-corrected chi connectivity index (χ3v) is 19.6. The Morgan fingerprint density at radius 3 is 1.12 bits per heavy atom. The Kier molecular flexibility index (Phi) is 30.0. The van der Waals surface area contributed by atoms with Crippen molar-refractivity contribution in [2.45, 2.75) is 229 Å². The van der Waals surface area contributed by atoms with Gasteiger partial charge in [-0.2, -0.15) is 0 Å². The van der Waals surface area contributed by atoms with Crippen molar-refractivity contribution in [1.29, 1.82) is 0 Å². The normalized spacial score (nSPS) is 42.0. The standard InChI is InChI=1S/C8H14F2.C8H12F2.C8H15F.2C8H13F.C8H14O.C8H12O.C8H16.B/c2*1-5-4-6(2)8(9,10)7(5)3;5*1-5-4-6(2)8(9)7(5)3;1-6-4-7(2)8(3)5-6;/h5-7H,4H2,1-3H3;4-5,7H,1-3H3;5-8H,4H2,1-3H3;5,7H,4H2,1-3H3;4-5,7-8H,1-3H3;5-7H,4H2,1-3H3;4-5,7H,1-3H3;6-8H,4-5H2,1-3H3;. The molecule has 0 N–H and O–H groups in total. The fourth-order valence-electron chi connectivity index (χ4n) is 12.2. The van der Waals surface area contributed by atoms with Crippen molar-refractivity contribution >= 4 is 20.0 Å². The Balaban J connectivity index is 0.000000822. The highest BCUT2D eigenvalue weighted by atomic mass is 19.3. The first-order chi connectivity index (χ1) is 33.2. The minimum atomic E-state index is -2.56. The molecule has 8 aliphatic rings. The minimum absolute atomic E-state index is 0. The number of hydrogen-bond acceptors (Lipinski definition) is 2. The van der Waals surface area contributed by atoms with Crippen LogP contribution >= 0.6 is 0 Å². The van der Waals surface area contributed by atoms with E-state index in [0.29, 0.717) is 71.2 Å². The maximum absolute atomic E-state index is 13.0. The quantitative estimate of drug-likeness (QED) is 0.138. The van der Waals surface area contributed by atoms with E-state index in [1.165, 1.54) is 19.8 Å². The van der Waals surface area contributed by atoms with Crippen molar-refractivity contribution < 1.29 is 40.3 Å². The average Bonchev–Trinajstić information content (AvgIpc) is 4.09. The van der Waals surface area contributed by atoms with Crippen molar-refractivity contribution in [2.75, 3.05) is 0 Å². The van der Waals surface area contributed by atoms with Gasteiger partial charge in [0.25, 0.3) is 11.8 Å². The number of Topliss-reactive ketones (excluding diaryl/α,β-unsaturated/α-hetero) is 2. The number of alkyl halides is 6. The summed E-state index contributed by atoms with van der Waals surface area (Å²) in [6.45, 7) is 47.4. The van der Waals surface area contributed by atoms with Gasteiger partial charge in [-0.15, -0.1) is 0 Å². The van der Waals surface area contributed by atoms with Crippen LogP contribution in [-0.2, 0) is 9.59 Å². The van der Waals surface area contributed by atoms with E-state index in [1.807, 2.05) is 95.2 Å². The SMILES string of the molecule is CC1=C(F)C(C)C(C)C1.CC1=CC(C)C(C)C1(F)F.CC1=CC(C)C(C)C1=O.CC1=CC(C)C(C)C1F.CC1CC(C)C(C)C1.CC1CC(C)C(C)C1=O.CC1CC(C)C(F)(F)C1C.CC1CC(C)C(F)C1C.[B]. The highest BCUT2D eigenvalue weighted by Gasteiger charge is 2.51. The Morgan fingerprint density at radius 2 is 1.01 bits per heavy atom. The van der Waals surface area contributed by atoms with Crippen LogP contribution in [0.2, 0.25) is 0 Å². The van der Waals surface area contributed by atoms with Crippen molar-refractivity contribution in [3.8, 4) is 0 Å². The van der Waals surface area contributed by atoms with Gasteiger partial charge < -0.3 is 0 Å². The van der Waals surface area contributed by atoms with E-state index < -0.39 is 41.9 Å². The summed E-state index contributed by atoms with van der Waals surface area (Å²) in [7, 11) is 0. The molecule has 0 heterocycles. The summed E-state index contributed by atoms with van der Waals surface area (Å²) in [6, 6.07) is 0. The fraction of sp³-hybridized carbons (Fsp3) is 0.844. The largest absolute Gasteiger partial charge is 0.299 e. The van der Waals surface area contributed by atoms with Crippen molar-refractivity contribution in [3.05, 3.63) is 46.3 Å². The first-order valence-electron chi connectivity index (χ1n) is 28.8. The second kappa shape index (κ2) is 30.9. The molecule has 0 spiro atoms. The Bertz CT molecular complexity index is 1830. The number of ketones is 2. The summed E-state index contributed by atoms with van der Waals surface area (Å²) in [5.41, 5.74) is 3.03. The molecule has 21 atom stereocenters. The summed E-state index contributed by atoms with van der Waals surface area (Å²) in [6.07, 6.45) is 11.2. The summed E-state index contributed by atoms with van der Waals surface area (Å²) in [5, 5.41) is 0. The second-order valence-corrected chi connectivity index (χ2v) is 26.0. The number of carbonyl (C=O) groups is 2. The van der Waals surface area contributed by atoms with Crippen molar-refractivity contribution in [1.82, 2.24) is 0 Å². The van der Waals surface area contributed by atoms with E-state index >= 15 is 0 Å². The maximum atomic E-state index is 13.0. The summed E-state index contributed by atoms with van der Waals surface area (Å²) in [4.78, 5) is 22.2. The van der Waals surface area contributed by atoms with Crippen LogP contribution in [0.15, 0.2) is 46.3 Å². The first-order valence-corrected chi connectivity index (χ1v) is 28.8. The van der Waals surface area contributed by atoms with Gasteiger partial charge in [0.2, 0.25) is 0 Å². The maximum Gasteiger partial charge on any atom is 0.272 e. The number of halogens is 7. The number of carbonyl (C=O) groups excluding carboxylic acids is 2. The molecule has 74 heavy (non-hydrogen) atoms. The molecule has 0 aliphatic heterocycles. The Morgan fingerprint density at radius 1 is 0.500 bits per heavy atom. The molecule has 0 aromatic rings. The van der Waals surface area contributed by atoms with Crippen molar-refractivity contribution in [2.24, 2.45) is 118 Å². The molecule has 0 aromatic heterocycles. The molecule has 4 saturated carbocycles. The highest BCUT2D eigenvalue weighted by Crippen LogP contribution is 2.48. The lowest BCUT2D eigenvalue weighted by Gasteiger charge is -2.19. The topological polar surface area (TPSA) is 34.1 Å². The summed E-state index contributed by atoms with van der Waals surface area (Å²) < 4.78 is 90.5. The zero-order valence-corrected chi connectivity index (χ0v) is 51.2. The van der Waals surface area contributed by atoms with Gasteiger partial charge in [0.15, 0.2) is 5.78 Å². The van der Waals surface area contributed by atoms with Crippen LogP contribution in [0, 0.1) is 118 Å². The van der Waals surface area contributed by atoms with Gasteiger partial charge in [0.05, 0.1) is 0 Å². The zero-order chi connectivity index (χ0) is 57.1. The Labute approximate surface area is 452 Å². The Hall–Kier alpha value is -2.13. The van der Waals surface area contributed by atoms with E-state index in [0.717, 1.165) is 53.7 Å². The lowest BCUT2D eigenvalue weighted by atomic mass is 9.96. The lowest BCUT2D eigenvalue weighted by molar-refractivity contribution is -0.123. The van der Waals surface area contributed by atoms with Crippen LogP contribution in [0.4, 0.5) is 30.7 Å². The van der Waals surface area contributed by atoms with E-state index in [4.69, 9.17) is 0 Å². The monoisotopic (exact) mass is 1050 g/mol. The minimum Gasteiger partial charge on any atom is -0.299 e. The molecule has 0 saturated heterocycles. The van der Waals surface area contributed by atoms with Crippen LogP contribution in [0.25, 0.3) is 0 Å². The molecule has 2 nitrogen and oxygen atoms in total. The number of allylic oxidation sites excluding steroid dienone is 8. The fourth-order valence-corrected chi connectivity index (χ4v) is 12.2. The third-order valence-electron chi connectivity index (χ3n) is 19.6. The molecular weight excluding hydrogens is 944 g/mol. The van der Waals surface area contributed by atoms with E-state index in [2.05, 4.69) is 55.4 Å². The average molecular weight is 1050 g/mol. The van der Waals surface area contributed by atoms with Gasteiger partial charge in [-0.1, -0.05) is 157 Å². The molecule has 8 aliphatic carbocycles. The third kappa shape index (κ3) is 19.7. The van der Waals surface area contributed by atoms with Gasteiger partial charge in [-0.25, -0.2) is 30.7 Å². The molecule has 0 bridgehead atoms. The van der Waals surface area contributed by atoms with Crippen LogP contribution < -0.4 is 0 Å². The van der Waals surface area contributed by atoms with Gasteiger partial charge in [0, 0.05) is 49.8 Å². The summed E-state index contributed by atoms with van der Waals surface area (Å²) >= 11 is 0. The predicted molar refractivity (Wildman–Crippen MR) is 302 cm³/mol. The molecule has 3 radical (unpaired) electrons. The van der Waals surface area contributed by atoms with Crippen molar-refractivity contribution in [3.63, 3.8) is 0 Å². The molecule has 429 valence electrons. The molecule has 8 rings (SSSR count). The molecule has 0 aromatic carbocycles. The predicted octanol–water partition coefficient (Wildman–Crippen LogP) is 19.8. The molecular formula is C64H109BF7O2. The summed E-state index contributed by atoms with van der Waals surface area (Å²) in [5.74, 6) is 2.21. The highest BCUT2D eigenvalue weighted by molar-refractivity contribution is 5.99. The first kappa shape index (κ1) is 71.9. The van der Waals surface area contributed by atoms with Gasteiger partial charge in [-0.3, -0.25) is 9.59 Å². The van der Waals surface area contributed by atoms with Gasteiger partial charge >= 0.3 is 0 Å². The number of hydrogen-bond donors (Lipinski definition) is 0. The van der Waals surface area contributed by atoms with E-state index in [1.54, 1.807) is 26.8 Å². The second-order valence-electron chi connectivity index (χ2n) is 26.0. The van der Waals surface area contributed by atoms with E-state index in [9.17, 15) is 40.3 Å². The van der Waals surface area contributed by atoms with Gasteiger partial charge in [0.1, 0.15) is 24.0 Å². The van der Waals surface area contributed by atoms with E-state index in [-0.39, 0.29) is 49.4 Å². The van der Waals surface area contributed by atoms with Crippen LogP contribution in [0.3, 0.4) is 0 Å². The van der Waals surface area contributed by atoms with Crippen LogP contribution in [0.1, 0.15) is 205 Å². The smallest absolute Gasteiger partial charge is 0.272 e. The zero-order valence-electron chi connectivity index (χ0n) is 51.2. The van der Waals surface area contributed by atoms with Gasteiger partial charge in [-0.05, 0) is 165 Å². The number of rotatable bonds is 0.